The van der Waals surface area contributed by atoms with Crippen molar-refractivity contribution in [1.29, 1.82) is 0 Å². The second-order valence-corrected chi connectivity index (χ2v) is 3.40. The molecule has 3 heteroatoms. The van der Waals surface area contributed by atoms with Crippen LogP contribution in [-0.4, -0.2) is 19.7 Å². The summed E-state index contributed by atoms with van der Waals surface area (Å²) in [7, 11) is 1.54. The van der Waals surface area contributed by atoms with Crippen LogP contribution in [0.25, 0.3) is 0 Å². The van der Waals surface area contributed by atoms with Gasteiger partial charge in [-0.05, 0) is 18.6 Å². The first kappa shape index (κ1) is 12.6. The molecule has 0 aliphatic rings. The summed E-state index contributed by atoms with van der Waals surface area (Å²) in [4.78, 5) is 11.7. The number of benzene rings is 1. The van der Waals surface area contributed by atoms with E-state index < -0.39 is 0 Å². The minimum atomic E-state index is -0.332. The maximum Gasteiger partial charge on any atom is 0.341 e. The molecule has 1 rings (SSSR count). The Morgan fingerprint density at radius 2 is 2.06 bits per heavy atom. The van der Waals surface area contributed by atoms with Crippen LogP contribution in [0.4, 0.5) is 0 Å². The van der Waals surface area contributed by atoms with Crippen LogP contribution in [0.2, 0.25) is 0 Å². The smallest absolute Gasteiger partial charge is 0.341 e. The molecule has 3 nitrogen and oxygen atoms in total. The van der Waals surface area contributed by atoms with E-state index in [0.29, 0.717) is 17.9 Å². The van der Waals surface area contributed by atoms with Gasteiger partial charge in [-0.15, -0.1) is 0 Å². The Morgan fingerprint density at radius 3 is 2.75 bits per heavy atom. The lowest BCUT2D eigenvalue weighted by atomic mass is 10.2. The molecule has 0 spiro atoms. The zero-order valence-electron chi connectivity index (χ0n) is 9.57. The van der Waals surface area contributed by atoms with E-state index in [2.05, 4.69) is 6.92 Å². The topological polar surface area (TPSA) is 35.5 Å². The fourth-order valence-electron chi connectivity index (χ4n) is 1.33. The number of methoxy groups -OCH3 is 1. The summed E-state index contributed by atoms with van der Waals surface area (Å²) >= 11 is 0. The van der Waals surface area contributed by atoms with Crippen molar-refractivity contribution in [3.05, 3.63) is 36.8 Å². The van der Waals surface area contributed by atoms with Gasteiger partial charge in [-0.25, -0.2) is 4.79 Å². The lowest BCUT2D eigenvalue weighted by Gasteiger charge is -2.07. The molecule has 1 radical (unpaired) electrons. The van der Waals surface area contributed by atoms with Crippen molar-refractivity contribution in [3.63, 3.8) is 0 Å². The van der Waals surface area contributed by atoms with Gasteiger partial charge in [-0.1, -0.05) is 31.9 Å². The Labute approximate surface area is 96.4 Å². The van der Waals surface area contributed by atoms with Crippen molar-refractivity contribution < 1.29 is 14.3 Å². The van der Waals surface area contributed by atoms with Crippen LogP contribution < -0.4 is 4.74 Å². The molecule has 16 heavy (non-hydrogen) atoms. The van der Waals surface area contributed by atoms with Gasteiger partial charge >= 0.3 is 5.97 Å². The van der Waals surface area contributed by atoms with Crippen LogP contribution in [0.1, 0.15) is 29.6 Å². The van der Waals surface area contributed by atoms with Gasteiger partial charge in [0.2, 0.25) is 0 Å². The molecule has 0 unspecified atom stereocenters. The number of hydrogen-bond acceptors (Lipinski definition) is 3. The summed E-state index contributed by atoms with van der Waals surface area (Å²) in [5, 5.41) is 0. The Morgan fingerprint density at radius 1 is 1.31 bits per heavy atom. The fraction of sp³-hybridized carbons (Fsp3) is 0.385. The SMILES string of the molecule is [CH2]CCCCOC(=O)c1ccccc1OC. The van der Waals surface area contributed by atoms with E-state index in [1.165, 1.54) is 7.11 Å². The average molecular weight is 221 g/mol. The molecular formula is C13H17O3. The monoisotopic (exact) mass is 221 g/mol. The van der Waals surface area contributed by atoms with E-state index in [1.54, 1.807) is 18.2 Å². The molecule has 0 bridgehead atoms. The standard InChI is InChI=1S/C13H17O3/c1-3-4-7-10-16-13(14)11-8-5-6-9-12(11)15-2/h5-6,8-9H,1,3-4,7,10H2,2H3. The fourth-order valence-corrected chi connectivity index (χ4v) is 1.33. The number of rotatable bonds is 6. The van der Waals surface area contributed by atoms with Crippen LogP contribution in [0.5, 0.6) is 5.75 Å². The number of ether oxygens (including phenoxy) is 2. The minimum absolute atomic E-state index is 0.332. The molecule has 0 fully saturated rings. The first-order valence-corrected chi connectivity index (χ1v) is 5.39. The Kier molecular flexibility index (Phi) is 5.40. The summed E-state index contributed by atoms with van der Waals surface area (Å²) < 4.78 is 10.2. The summed E-state index contributed by atoms with van der Waals surface area (Å²) in [6.45, 7) is 4.16. The molecule has 0 heterocycles. The summed E-state index contributed by atoms with van der Waals surface area (Å²) in [6, 6.07) is 7.04. The molecule has 1 aromatic rings. The molecule has 0 saturated carbocycles. The van der Waals surface area contributed by atoms with Gasteiger partial charge in [-0.3, -0.25) is 0 Å². The van der Waals surface area contributed by atoms with Gasteiger partial charge in [0, 0.05) is 0 Å². The Bertz CT molecular complexity index is 334. The number of para-hydroxylation sites is 1. The molecule has 0 aromatic heterocycles. The lowest BCUT2D eigenvalue weighted by Crippen LogP contribution is -2.08. The Hall–Kier alpha value is -1.51. The Balaban J connectivity index is 2.52. The van der Waals surface area contributed by atoms with E-state index in [0.717, 1.165) is 19.3 Å². The van der Waals surface area contributed by atoms with Crippen molar-refractivity contribution >= 4 is 5.97 Å². The van der Waals surface area contributed by atoms with E-state index in [1.807, 2.05) is 6.07 Å². The van der Waals surface area contributed by atoms with Gasteiger partial charge in [0.05, 0.1) is 13.7 Å². The van der Waals surface area contributed by atoms with Gasteiger partial charge in [0.15, 0.2) is 0 Å². The van der Waals surface area contributed by atoms with Crippen molar-refractivity contribution in [2.45, 2.75) is 19.3 Å². The maximum atomic E-state index is 11.7. The lowest BCUT2D eigenvalue weighted by molar-refractivity contribution is 0.0495. The molecule has 1 aromatic carbocycles. The maximum absolute atomic E-state index is 11.7. The van der Waals surface area contributed by atoms with Gasteiger partial charge < -0.3 is 9.47 Å². The van der Waals surface area contributed by atoms with E-state index >= 15 is 0 Å². The highest BCUT2D eigenvalue weighted by Crippen LogP contribution is 2.18. The average Bonchev–Trinajstić information content (AvgIpc) is 2.34. The molecule has 0 N–H and O–H groups in total. The summed E-state index contributed by atoms with van der Waals surface area (Å²) in [5.74, 6) is 0.214. The number of esters is 1. The zero-order valence-corrected chi connectivity index (χ0v) is 9.57. The van der Waals surface area contributed by atoms with Crippen LogP contribution >= 0.6 is 0 Å². The quantitative estimate of drug-likeness (QED) is 0.547. The molecular weight excluding hydrogens is 204 g/mol. The molecule has 0 saturated heterocycles. The predicted molar refractivity (Wildman–Crippen MR) is 62.5 cm³/mol. The van der Waals surface area contributed by atoms with Crippen LogP contribution in [0.15, 0.2) is 24.3 Å². The highest BCUT2D eigenvalue weighted by Gasteiger charge is 2.11. The normalized spacial score (nSPS) is 9.88. The first-order chi connectivity index (χ1) is 7.79. The van der Waals surface area contributed by atoms with Gasteiger partial charge in [-0.2, -0.15) is 0 Å². The van der Waals surface area contributed by atoms with Gasteiger partial charge in [0.25, 0.3) is 0 Å². The van der Waals surface area contributed by atoms with Crippen molar-refractivity contribution in [2.75, 3.05) is 13.7 Å². The van der Waals surface area contributed by atoms with Crippen molar-refractivity contribution in [1.82, 2.24) is 0 Å². The summed E-state index contributed by atoms with van der Waals surface area (Å²) in [5.41, 5.74) is 0.472. The van der Waals surface area contributed by atoms with E-state index in [9.17, 15) is 4.79 Å². The molecule has 0 amide bonds. The number of carbonyl (C=O) groups is 1. The second kappa shape index (κ2) is 6.88. The number of unbranched alkanes of at least 4 members (excludes halogenated alkanes) is 2. The van der Waals surface area contributed by atoms with E-state index in [-0.39, 0.29) is 5.97 Å². The molecule has 0 atom stereocenters. The largest absolute Gasteiger partial charge is 0.496 e. The third kappa shape index (κ3) is 3.57. The van der Waals surface area contributed by atoms with Gasteiger partial charge in [0.1, 0.15) is 11.3 Å². The highest BCUT2D eigenvalue weighted by molar-refractivity contribution is 5.92. The van der Waals surface area contributed by atoms with E-state index in [4.69, 9.17) is 9.47 Å². The second-order valence-electron chi connectivity index (χ2n) is 3.40. The van der Waals surface area contributed by atoms with Crippen molar-refractivity contribution in [2.24, 2.45) is 0 Å². The molecule has 87 valence electrons. The van der Waals surface area contributed by atoms with Crippen molar-refractivity contribution in [3.8, 4) is 5.75 Å². The molecule has 0 aliphatic carbocycles. The third-order valence-corrected chi connectivity index (χ3v) is 2.20. The molecule has 0 aliphatic heterocycles. The van der Waals surface area contributed by atoms with Crippen LogP contribution in [-0.2, 0) is 4.74 Å². The predicted octanol–water partition coefficient (Wildman–Crippen LogP) is 2.86. The first-order valence-electron chi connectivity index (χ1n) is 5.39. The number of hydrogen-bond donors (Lipinski definition) is 0. The number of carbonyl (C=O) groups excluding carboxylic acids is 1. The minimum Gasteiger partial charge on any atom is -0.496 e. The summed E-state index contributed by atoms with van der Waals surface area (Å²) in [6.07, 6.45) is 2.69. The van der Waals surface area contributed by atoms with Crippen LogP contribution in [0.3, 0.4) is 0 Å². The third-order valence-electron chi connectivity index (χ3n) is 2.20. The van der Waals surface area contributed by atoms with Crippen LogP contribution in [0, 0.1) is 6.92 Å². The highest BCUT2D eigenvalue weighted by atomic mass is 16.5. The zero-order chi connectivity index (χ0) is 11.8.